The Kier molecular flexibility index (Phi) is 3.43. The van der Waals surface area contributed by atoms with Crippen molar-refractivity contribution in [1.29, 1.82) is 0 Å². The molecule has 4 rings (SSSR count). The largest absolute Gasteiger partial charge is 0.353 e. The summed E-state index contributed by atoms with van der Waals surface area (Å²) in [5.41, 5.74) is 5.14. The smallest absolute Gasteiger partial charge is 0.0736 e. The summed E-state index contributed by atoms with van der Waals surface area (Å²) in [5, 5.41) is 3.45. The number of rotatable bonds is 2. The molecule has 0 saturated heterocycles. The molecule has 1 aliphatic carbocycles. The van der Waals surface area contributed by atoms with Crippen molar-refractivity contribution in [3.05, 3.63) is 56.3 Å². The van der Waals surface area contributed by atoms with Crippen molar-refractivity contribution in [2.75, 3.05) is 0 Å². The Morgan fingerprint density at radius 3 is 3.05 bits per heavy atom. The molecular formula is C17H15BrN2S. The molecule has 0 spiro atoms. The van der Waals surface area contributed by atoms with E-state index in [-0.39, 0.29) is 0 Å². The van der Waals surface area contributed by atoms with Gasteiger partial charge in [-0.25, -0.2) is 0 Å². The molecule has 0 amide bonds. The average Bonchev–Trinajstić information content (AvgIpc) is 3.12. The fourth-order valence-corrected chi connectivity index (χ4v) is 4.01. The van der Waals surface area contributed by atoms with Crippen LogP contribution in [0.3, 0.4) is 0 Å². The molecule has 0 bridgehead atoms. The third kappa shape index (κ3) is 2.47. The number of thiophene rings is 1. The minimum Gasteiger partial charge on any atom is -0.353 e. The molecule has 0 radical (unpaired) electrons. The summed E-state index contributed by atoms with van der Waals surface area (Å²) < 4.78 is 1.14. The van der Waals surface area contributed by atoms with Crippen LogP contribution in [0.2, 0.25) is 0 Å². The van der Waals surface area contributed by atoms with Crippen LogP contribution < -0.4 is 0 Å². The van der Waals surface area contributed by atoms with Gasteiger partial charge in [0.05, 0.1) is 18.0 Å². The van der Waals surface area contributed by atoms with Crippen molar-refractivity contribution < 1.29 is 0 Å². The predicted octanol–water partition coefficient (Wildman–Crippen LogP) is 5.32. The van der Waals surface area contributed by atoms with Crippen LogP contribution in [-0.4, -0.2) is 10.7 Å². The molecule has 1 N–H and O–H groups in total. The number of nitrogens with zero attached hydrogens (tertiary/aromatic N) is 1. The highest BCUT2D eigenvalue weighted by atomic mass is 79.9. The lowest BCUT2D eigenvalue weighted by Crippen LogP contribution is -2.11. The van der Waals surface area contributed by atoms with E-state index in [0.717, 1.165) is 23.9 Å². The topological polar surface area (TPSA) is 28.1 Å². The fourth-order valence-electron chi connectivity index (χ4n) is 3.02. The van der Waals surface area contributed by atoms with Crippen LogP contribution in [0.15, 0.2) is 45.2 Å². The number of aryl methyl sites for hydroxylation is 1. The SMILES string of the molecule is Brc1ccc2[nH]c3c(c2c1)CCC/C3=N\Cc1cccs1. The maximum atomic E-state index is 4.87. The van der Waals surface area contributed by atoms with E-state index in [0.29, 0.717) is 0 Å². The van der Waals surface area contributed by atoms with E-state index in [1.165, 1.54) is 39.2 Å². The quantitative estimate of drug-likeness (QED) is 0.642. The number of benzene rings is 1. The zero-order valence-corrected chi connectivity index (χ0v) is 13.9. The molecule has 4 heteroatoms. The van der Waals surface area contributed by atoms with E-state index in [2.05, 4.69) is 56.6 Å². The van der Waals surface area contributed by atoms with Crippen LogP contribution in [0.5, 0.6) is 0 Å². The number of hydrogen-bond acceptors (Lipinski definition) is 2. The van der Waals surface area contributed by atoms with Gasteiger partial charge < -0.3 is 4.98 Å². The van der Waals surface area contributed by atoms with E-state index in [1.54, 1.807) is 11.3 Å². The van der Waals surface area contributed by atoms with Gasteiger partial charge in [0.15, 0.2) is 0 Å². The van der Waals surface area contributed by atoms with Crippen molar-refractivity contribution in [2.24, 2.45) is 4.99 Å². The van der Waals surface area contributed by atoms with Gasteiger partial charge in [0, 0.05) is 20.3 Å². The monoisotopic (exact) mass is 358 g/mol. The molecule has 1 aliphatic rings. The summed E-state index contributed by atoms with van der Waals surface area (Å²) >= 11 is 5.35. The summed E-state index contributed by atoms with van der Waals surface area (Å²) in [5.74, 6) is 0. The number of nitrogens with one attached hydrogen (secondary N) is 1. The van der Waals surface area contributed by atoms with Crippen LogP contribution >= 0.6 is 27.3 Å². The lowest BCUT2D eigenvalue weighted by Gasteiger charge is -2.14. The lowest BCUT2D eigenvalue weighted by atomic mass is 9.94. The summed E-state index contributed by atoms with van der Waals surface area (Å²) in [6, 6.07) is 10.7. The highest BCUT2D eigenvalue weighted by molar-refractivity contribution is 9.10. The third-order valence-corrected chi connectivity index (χ3v) is 5.36. The van der Waals surface area contributed by atoms with Crippen LogP contribution in [0, 0.1) is 0 Å². The standard InChI is InChI=1S/C17H15BrN2S/c18-11-6-7-15-14(9-11)13-4-1-5-16(17(13)20-15)19-10-12-3-2-8-21-12/h2-3,6-9,20H,1,4-5,10H2/b19-16+. The molecule has 2 aromatic heterocycles. The van der Waals surface area contributed by atoms with Crippen molar-refractivity contribution in [3.63, 3.8) is 0 Å². The summed E-state index contributed by atoms with van der Waals surface area (Å²) in [7, 11) is 0. The van der Waals surface area contributed by atoms with Crippen LogP contribution in [-0.2, 0) is 13.0 Å². The van der Waals surface area contributed by atoms with Gasteiger partial charge in [0.1, 0.15) is 0 Å². The van der Waals surface area contributed by atoms with Crippen LogP contribution in [0.1, 0.15) is 29.0 Å². The van der Waals surface area contributed by atoms with Gasteiger partial charge in [-0.3, -0.25) is 4.99 Å². The van der Waals surface area contributed by atoms with Crippen molar-refractivity contribution in [2.45, 2.75) is 25.8 Å². The molecule has 21 heavy (non-hydrogen) atoms. The normalized spacial score (nSPS) is 16.5. The van der Waals surface area contributed by atoms with Gasteiger partial charge in [0.2, 0.25) is 0 Å². The van der Waals surface area contributed by atoms with E-state index in [9.17, 15) is 0 Å². The zero-order chi connectivity index (χ0) is 14.2. The van der Waals surface area contributed by atoms with E-state index in [1.807, 2.05) is 0 Å². The molecule has 2 heterocycles. The number of hydrogen-bond donors (Lipinski definition) is 1. The first-order chi connectivity index (χ1) is 10.3. The van der Waals surface area contributed by atoms with Gasteiger partial charge in [0.25, 0.3) is 0 Å². The minimum absolute atomic E-state index is 0.797. The number of halogens is 1. The molecule has 0 fully saturated rings. The summed E-state index contributed by atoms with van der Waals surface area (Å²) in [4.78, 5) is 9.77. The first kappa shape index (κ1) is 13.3. The second-order valence-electron chi connectivity index (χ2n) is 5.36. The predicted molar refractivity (Wildman–Crippen MR) is 93.5 cm³/mol. The molecule has 3 aromatic rings. The van der Waals surface area contributed by atoms with Gasteiger partial charge in [-0.15, -0.1) is 11.3 Å². The summed E-state index contributed by atoms with van der Waals surface area (Å²) in [6.45, 7) is 0.797. The molecule has 0 atom stereocenters. The molecular weight excluding hydrogens is 344 g/mol. The maximum Gasteiger partial charge on any atom is 0.0736 e. The Labute approximate surface area is 136 Å². The Bertz CT molecular complexity index is 815. The Hall–Kier alpha value is -1.39. The van der Waals surface area contributed by atoms with Crippen molar-refractivity contribution >= 4 is 43.9 Å². The van der Waals surface area contributed by atoms with Gasteiger partial charge in [-0.2, -0.15) is 0 Å². The maximum absolute atomic E-state index is 4.87. The van der Waals surface area contributed by atoms with Crippen molar-refractivity contribution in [1.82, 2.24) is 4.98 Å². The van der Waals surface area contributed by atoms with Crippen molar-refractivity contribution in [3.8, 4) is 0 Å². The second-order valence-corrected chi connectivity index (χ2v) is 7.31. The first-order valence-electron chi connectivity index (χ1n) is 7.17. The van der Waals surface area contributed by atoms with E-state index >= 15 is 0 Å². The number of aliphatic imine (C=N–C) groups is 1. The number of fused-ring (bicyclic) bond motifs is 3. The third-order valence-electron chi connectivity index (χ3n) is 4.00. The molecule has 0 unspecified atom stereocenters. The second kappa shape index (κ2) is 5.43. The van der Waals surface area contributed by atoms with Gasteiger partial charge >= 0.3 is 0 Å². The molecule has 0 saturated carbocycles. The fraction of sp³-hybridized carbons (Fsp3) is 0.235. The molecule has 0 aliphatic heterocycles. The molecule has 106 valence electrons. The Morgan fingerprint density at radius 2 is 2.19 bits per heavy atom. The Morgan fingerprint density at radius 1 is 1.24 bits per heavy atom. The number of aromatic nitrogens is 1. The molecule has 1 aromatic carbocycles. The first-order valence-corrected chi connectivity index (χ1v) is 8.85. The lowest BCUT2D eigenvalue weighted by molar-refractivity contribution is 0.834. The highest BCUT2D eigenvalue weighted by Gasteiger charge is 2.20. The van der Waals surface area contributed by atoms with Gasteiger partial charge in [-0.1, -0.05) is 22.0 Å². The number of H-pyrrole nitrogens is 1. The van der Waals surface area contributed by atoms with Crippen LogP contribution in [0.25, 0.3) is 10.9 Å². The average molecular weight is 359 g/mol. The van der Waals surface area contributed by atoms with E-state index < -0.39 is 0 Å². The number of aromatic amines is 1. The van der Waals surface area contributed by atoms with Gasteiger partial charge in [-0.05, 0) is 54.5 Å². The Balaban J connectivity index is 1.77. The van der Waals surface area contributed by atoms with E-state index in [4.69, 9.17) is 4.99 Å². The zero-order valence-electron chi connectivity index (χ0n) is 11.5. The minimum atomic E-state index is 0.797. The highest BCUT2D eigenvalue weighted by Crippen LogP contribution is 2.31. The molecule has 2 nitrogen and oxygen atoms in total. The van der Waals surface area contributed by atoms with Crippen LogP contribution in [0.4, 0.5) is 0 Å². The summed E-state index contributed by atoms with van der Waals surface area (Å²) in [6.07, 6.45) is 3.41.